The van der Waals surface area contributed by atoms with E-state index in [0.29, 0.717) is 11.6 Å². The van der Waals surface area contributed by atoms with Gasteiger partial charge < -0.3 is 14.9 Å². The molecule has 0 atom stereocenters. The van der Waals surface area contributed by atoms with Gasteiger partial charge in [-0.25, -0.2) is 0 Å². The molecule has 1 aromatic heterocycles. The maximum absolute atomic E-state index is 11.1. The van der Waals surface area contributed by atoms with Crippen LogP contribution in [0.25, 0.3) is 11.5 Å². The number of methoxy groups -OCH3 is 1. The highest BCUT2D eigenvalue weighted by molar-refractivity contribution is 5.71. The number of carbonyl (C=O) groups is 1. The normalized spacial score (nSPS) is 10.3. The number of nitrogen functional groups attached to an aromatic ring is 1. The molecule has 0 saturated heterocycles. The maximum Gasteiger partial charge on any atom is 0.315 e. The Morgan fingerprint density at radius 3 is 2.89 bits per heavy atom. The summed E-state index contributed by atoms with van der Waals surface area (Å²) in [6, 6.07) is 5.46. The first-order chi connectivity index (χ1) is 8.60. The molecule has 0 saturated carbocycles. The summed E-state index contributed by atoms with van der Waals surface area (Å²) in [6.07, 6.45) is -0.0369. The molecule has 6 heteroatoms. The molecule has 0 spiro atoms. The quantitative estimate of drug-likeness (QED) is 0.650. The highest BCUT2D eigenvalue weighted by Gasteiger charge is 2.12. The molecule has 0 amide bonds. The van der Waals surface area contributed by atoms with Gasteiger partial charge in [0.2, 0.25) is 11.8 Å². The standard InChI is InChI=1S/C12H13N3O3/c1-7-3-4-8(5-9(7)13)12-15-14-10(18-12)6-11(16)17-2/h3-5H,6,13H2,1-2H3. The van der Waals surface area contributed by atoms with Crippen LogP contribution in [0.3, 0.4) is 0 Å². The first-order valence-electron chi connectivity index (χ1n) is 5.36. The van der Waals surface area contributed by atoms with Gasteiger partial charge in [0.05, 0.1) is 7.11 Å². The summed E-state index contributed by atoms with van der Waals surface area (Å²) in [5.41, 5.74) is 8.16. The number of hydrogen-bond donors (Lipinski definition) is 1. The van der Waals surface area contributed by atoms with Crippen LogP contribution in [0.2, 0.25) is 0 Å². The molecule has 2 rings (SSSR count). The molecule has 2 aromatic rings. The number of nitrogens with two attached hydrogens (primary N) is 1. The van der Waals surface area contributed by atoms with Gasteiger partial charge in [-0.3, -0.25) is 4.79 Å². The van der Waals surface area contributed by atoms with E-state index < -0.39 is 5.97 Å². The van der Waals surface area contributed by atoms with Gasteiger partial charge in [0, 0.05) is 11.3 Å². The second-order valence-corrected chi connectivity index (χ2v) is 3.83. The second kappa shape index (κ2) is 4.87. The molecule has 0 aliphatic heterocycles. The lowest BCUT2D eigenvalue weighted by atomic mass is 10.1. The number of nitrogens with zero attached hydrogens (tertiary/aromatic N) is 2. The van der Waals surface area contributed by atoms with Crippen molar-refractivity contribution in [3.8, 4) is 11.5 Å². The average molecular weight is 247 g/mol. The van der Waals surface area contributed by atoms with Crippen LogP contribution in [0.15, 0.2) is 22.6 Å². The van der Waals surface area contributed by atoms with Crippen molar-refractivity contribution in [1.29, 1.82) is 0 Å². The smallest absolute Gasteiger partial charge is 0.315 e. The molecule has 18 heavy (non-hydrogen) atoms. The van der Waals surface area contributed by atoms with Gasteiger partial charge in [0.1, 0.15) is 6.42 Å². The molecule has 6 nitrogen and oxygen atoms in total. The van der Waals surface area contributed by atoms with Crippen molar-refractivity contribution in [1.82, 2.24) is 10.2 Å². The molecule has 1 heterocycles. The van der Waals surface area contributed by atoms with Crippen molar-refractivity contribution < 1.29 is 13.9 Å². The fourth-order valence-corrected chi connectivity index (χ4v) is 1.41. The van der Waals surface area contributed by atoms with Crippen molar-refractivity contribution in [2.75, 3.05) is 12.8 Å². The van der Waals surface area contributed by atoms with E-state index in [1.807, 2.05) is 19.1 Å². The monoisotopic (exact) mass is 247 g/mol. The number of anilines is 1. The van der Waals surface area contributed by atoms with Crippen LogP contribution >= 0.6 is 0 Å². The third-order valence-corrected chi connectivity index (χ3v) is 2.52. The zero-order chi connectivity index (χ0) is 13.1. The molecule has 0 bridgehead atoms. The lowest BCUT2D eigenvalue weighted by Gasteiger charge is -2.00. The third-order valence-electron chi connectivity index (χ3n) is 2.52. The average Bonchev–Trinajstić information content (AvgIpc) is 2.81. The van der Waals surface area contributed by atoms with Crippen LogP contribution in [0.4, 0.5) is 5.69 Å². The van der Waals surface area contributed by atoms with Crippen LogP contribution < -0.4 is 5.73 Å². The van der Waals surface area contributed by atoms with Gasteiger partial charge in [-0.2, -0.15) is 0 Å². The fourth-order valence-electron chi connectivity index (χ4n) is 1.41. The van der Waals surface area contributed by atoms with Crippen LogP contribution in [-0.4, -0.2) is 23.3 Å². The van der Waals surface area contributed by atoms with E-state index in [2.05, 4.69) is 14.9 Å². The number of aryl methyl sites for hydroxylation is 1. The Balaban J connectivity index is 2.23. The lowest BCUT2D eigenvalue weighted by molar-refractivity contribution is -0.140. The van der Waals surface area contributed by atoms with Gasteiger partial charge >= 0.3 is 5.97 Å². The molecule has 94 valence electrons. The minimum absolute atomic E-state index is 0.0369. The number of benzene rings is 1. The first-order valence-corrected chi connectivity index (χ1v) is 5.36. The van der Waals surface area contributed by atoms with Crippen molar-refractivity contribution in [3.05, 3.63) is 29.7 Å². The predicted molar refractivity (Wildman–Crippen MR) is 64.6 cm³/mol. The molecular weight excluding hydrogens is 234 g/mol. The number of ether oxygens (including phenoxy) is 1. The summed E-state index contributed by atoms with van der Waals surface area (Å²) in [4.78, 5) is 11.1. The fraction of sp³-hybridized carbons (Fsp3) is 0.250. The Morgan fingerprint density at radius 2 is 2.22 bits per heavy atom. The second-order valence-electron chi connectivity index (χ2n) is 3.83. The summed E-state index contributed by atoms with van der Waals surface area (Å²) >= 11 is 0. The number of aromatic nitrogens is 2. The van der Waals surface area contributed by atoms with E-state index in [4.69, 9.17) is 10.2 Å². The van der Waals surface area contributed by atoms with Gasteiger partial charge in [-0.05, 0) is 24.6 Å². The van der Waals surface area contributed by atoms with E-state index >= 15 is 0 Å². The third kappa shape index (κ3) is 2.48. The van der Waals surface area contributed by atoms with Gasteiger partial charge in [-0.1, -0.05) is 6.07 Å². The number of hydrogen-bond acceptors (Lipinski definition) is 6. The predicted octanol–water partition coefficient (Wildman–Crippen LogP) is 1.34. The Labute approximate surface area is 104 Å². The van der Waals surface area contributed by atoms with Crippen LogP contribution in [0, 0.1) is 6.92 Å². The van der Waals surface area contributed by atoms with Gasteiger partial charge in [0.15, 0.2) is 0 Å². The van der Waals surface area contributed by atoms with Crippen molar-refractivity contribution >= 4 is 11.7 Å². The van der Waals surface area contributed by atoms with Crippen molar-refractivity contribution in [3.63, 3.8) is 0 Å². The SMILES string of the molecule is COC(=O)Cc1nnc(-c2ccc(C)c(N)c2)o1. The van der Waals surface area contributed by atoms with Crippen LogP contribution in [-0.2, 0) is 16.0 Å². The van der Waals surface area contributed by atoms with Gasteiger partial charge in [-0.15, -0.1) is 10.2 Å². The minimum Gasteiger partial charge on any atom is -0.469 e. The van der Waals surface area contributed by atoms with Crippen LogP contribution in [0.1, 0.15) is 11.5 Å². The number of carbonyl (C=O) groups excluding carboxylic acids is 1. The molecule has 1 aromatic carbocycles. The molecule has 0 fully saturated rings. The first kappa shape index (κ1) is 12.1. The molecule has 0 unspecified atom stereocenters. The Hall–Kier alpha value is -2.37. The topological polar surface area (TPSA) is 91.2 Å². The summed E-state index contributed by atoms with van der Waals surface area (Å²) in [5.74, 6) is 0.130. The summed E-state index contributed by atoms with van der Waals surface area (Å²) < 4.78 is 9.88. The molecule has 0 aliphatic carbocycles. The van der Waals surface area contributed by atoms with Crippen molar-refractivity contribution in [2.24, 2.45) is 0 Å². The van der Waals surface area contributed by atoms with E-state index in [0.717, 1.165) is 11.1 Å². The summed E-state index contributed by atoms with van der Waals surface area (Å²) in [7, 11) is 1.31. The largest absolute Gasteiger partial charge is 0.469 e. The van der Waals surface area contributed by atoms with E-state index in [9.17, 15) is 4.79 Å². The van der Waals surface area contributed by atoms with Gasteiger partial charge in [0.25, 0.3) is 0 Å². The van der Waals surface area contributed by atoms with Crippen molar-refractivity contribution in [2.45, 2.75) is 13.3 Å². The molecular formula is C12H13N3O3. The van der Waals surface area contributed by atoms with Crippen LogP contribution in [0.5, 0.6) is 0 Å². The zero-order valence-corrected chi connectivity index (χ0v) is 10.1. The lowest BCUT2D eigenvalue weighted by Crippen LogP contribution is -2.04. The number of rotatable bonds is 3. The maximum atomic E-state index is 11.1. The highest BCUT2D eigenvalue weighted by atomic mass is 16.5. The molecule has 0 aliphatic rings. The number of esters is 1. The van der Waals surface area contributed by atoms with E-state index in [-0.39, 0.29) is 12.3 Å². The zero-order valence-electron chi connectivity index (χ0n) is 10.1. The minimum atomic E-state index is -0.423. The molecule has 0 radical (unpaired) electrons. The summed E-state index contributed by atoms with van der Waals surface area (Å²) in [6.45, 7) is 1.91. The Bertz CT molecular complexity index is 578. The molecule has 2 N–H and O–H groups in total. The Morgan fingerprint density at radius 1 is 1.44 bits per heavy atom. The van der Waals surface area contributed by atoms with E-state index in [1.54, 1.807) is 6.07 Å². The highest BCUT2D eigenvalue weighted by Crippen LogP contribution is 2.22. The van der Waals surface area contributed by atoms with E-state index in [1.165, 1.54) is 7.11 Å². The Kier molecular flexibility index (Phi) is 3.27. The summed E-state index contributed by atoms with van der Waals surface area (Å²) in [5, 5.41) is 7.64.